The lowest BCUT2D eigenvalue weighted by molar-refractivity contribution is -0.128. The number of nitrogens with one attached hydrogen (secondary N) is 1. The zero-order valence-electron chi connectivity index (χ0n) is 21.4. The maximum Gasteiger partial charge on any atom is 0.414 e. The zero-order valence-corrected chi connectivity index (χ0v) is 21.4. The summed E-state index contributed by atoms with van der Waals surface area (Å²) < 4.78 is 20.1. The molecule has 1 N–H and O–H groups in total. The van der Waals surface area contributed by atoms with Gasteiger partial charge in [0.2, 0.25) is 5.91 Å². The van der Waals surface area contributed by atoms with Gasteiger partial charge in [-0.15, -0.1) is 0 Å². The summed E-state index contributed by atoms with van der Waals surface area (Å²) in [6, 6.07) is 4.79. The highest BCUT2D eigenvalue weighted by Crippen LogP contribution is 2.37. The van der Waals surface area contributed by atoms with Gasteiger partial charge in [-0.1, -0.05) is 44.6 Å². The molecule has 2 heterocycles. The lowest BCUT2D eigenvalue weighted by atomic mass is 9.71. The van der Waals surface area contributed by atoms with Crippen LogP contribution in [0.15, 0.2) is 42.0 Å². The molecule has 2 aliphatic heterocycles. The number of amides is 2. The fraction of sp³-hybridized carbons (Fsp3) is 0.536. The van der Waals surface area contributed by atoms with Crippen LogP contribution in [0.25, 0.3) is 0 Å². The molecule has 0 spiro atoms. The Morgan fingerprint density at radius 1 is 1.19 bits per heavy atom. The van der Waals surface area contributed by atoms with Crippen LogP contribution in [0.5, 0.6) is 0 Å². The topological polar surface area (TPSA) is 79.0 Å². The van der Waals surface area contributed by atoms with E-state index in [0.29, 0.717) is 11.4 Å². The molecule has 3 aliphatic rings. The lowest BCUT2D eigenvalue weighted by Gasteiger charge is -2.32. The van der Waals surface area contributed by atoms with E-state index in [1.807, 2.05) is 30.9 Å². The number of halogens is 1. The largest absolute Gasteiger partial charge is 0.442 e. The third-order valence-corrected chi connectivity index (χ3v) is 7.31. The summed E-state index contributed by atoms with van der Waals surface area (Å²) in [7, 11) is 0. The first-order valence-corrected chi connectivity index (χ1v) is 12.9. The Morgan fingerprint density at radius 2 is 1.94 bits per heavy atom. The highest BCUT2D eigenvalue weighted by atomic mass is 19.1. The van der Waals surface area contributed by atoms with Crippen LogP contribution < -0.4 is 15.1 Å². The second kappa shape index (κ2) is 10.8. The van der Waals surface area contributed by atoms with Crippen LogP contribution in [0.1, 0.15) is 52.9 Å². The third kappa shape index (κ3) is 5.79. The van der Waals surface area contributed by atoms with Gasteiger partial charge in [0.25, 0.3) is 0 Å². The molecule has 2 amide bonds. The normalized spacial score (nSPS) is 23.0. The Morgan fingerprint density at radius 3 is 2.61 bits per heavy atom. The summed E-state index contributed by atoms with van der Waals surface area (Å²) in [5.74, 6) is -0.833. The van der Waals surface area contributed by atoms with Crippen LogP contribution in [0.3, 0.4) is 0 Å². The summed E-state index contributed by atoms with van der Waals surface area (Å²) >= 11 is 0. The minimum absolute atomic E-state index is 0.0377. The Balaban J connectivity index is 1.24. The number of carbonyl (C=O) groups excluding carboxylic acids is 3. The number of ketones is 1. The van der Waals surface area contributed by atoms with Crippen LogP contribution in [0.4, 0.5) is 20.6 Å². The van der Waals surface area contributed by atoms with Crippen LogP contribution in [-0.4, -0.2) is 50.1 Å². The van der Waals surface area contributed by atoms with E-state index in [2.05, 4.69) is 18.3 Å². The number of hydrogen-bond acceptors (Lipinski definition) is 5. The fourth-order valence-electron chi connectivity index (χ4n) is 5.25. The average Bonchev–Trinajstić information content (AvgIpc) is 3.50. The second-order valence-corrected chi connectivity index (χ2v) is 10.4. The molecular formula is C28H36FN3O4. The van der Waals surface area contributed by atoms with E-state index in [9.17, 15) is 18.8 Å². The minimum atomic E-state index is -0.566. The molecular weight excluding hydrogens is 461 g/mol. The van der Waals surface area contributed by atoms with E-state index in [0.717, 1.165) is 32.4 Å². The van der Waals surface area contributed by atoms with E-state index < -0.39 is 12.2 Å². The highest BCUT2D eigenvalue weighted by molar-refractivity contribution is 5.90. The predicted molar refractivity (Wildman–Crippen MR) is 137 cm³/mol. The smallest absolute Gasteiger partial charge is 0.414 e. The van der Waals surface area contributed by atoms with Gasteiger partial charge in [-0.3, -0.25) is 14.5 Å². The van der Waals surface area contributed by atoms with Gasteiger partial charge in [-0.25, -0.2) is 9.18 Å². The Labute approximate surface area is 212 Å². The van der Waals surface area contributed by atoms with Gasteiger partial charge in [0.15, 0.2) is 0 Å². The first kappa shape index (κ1) is 25.9. The molecule has 1 aromatic rings. The van der Waals surface area contributed by atoms with Crippen LogP contribution in [-0.2, 0) is 14.3 Å². The summed E-state index contributed by atoms with van der Waals surface area (Å²) in [5.41, 5.74) is 1.92. The van der Waals surface area contributed by atoms with E-state index in [1.165, 1.54) is 16.5 Å². The van der Waals surface area contributed by atoms with Crippen molar-refractivity contribution in [2.45, 2.75) is 59.0 Å². The van der Waals surface area contributed by atoms with Gasteiger partial charge < -0.3 is 15.0 Å². The number of carbonyl (C=O) groups is 3. The van der Waals surface area contributed by atoms with Crippen molar-refractivity contribution in [3.05, 3.63) is 47.8 Å². The monoisotopic (exact) mass is 497 g/mol. The molecule has 8 heteroatoms. The third-order valence-electron chi connectivity index (χ3n) is 7.31. The molecule has 1 aromatic carbocycles. The fourth-order valence-corrected chi connectivity index (χ4v) is 5.25. The molecule has 194 valence electrons. The van der Waals surface area contributed by atoms with Gasteiger partial charge in [-0.2, -0.15) is 0 Å². The molecule has 2 saturated heterocycles. The van der Waals surface area contributed by atoms with Gasteiger partial charge in [0.05, 0.1) is 24.5 Å². The summed E-state index contributed by atoms with van der Waals surface area (Å²) in [5, 5.41) is 2.76. The second-order valence-electron chi connectivity index (χ2n) is 10.4. The molecule has 0 saturated carbocycles. The summed E-state index contributed by atoms with van der Waals surface area (Å²) in [6.45, 7) is 8.20. The number of nitrogens with zero attached hydrogens (tertiary/aromatic N) is 2. The van der Waals surface area contributed by atoms with Gasteiger partial charge >= 0.3 is 6.09 Å². The van der Waals surface area contributed by atoms with Crippen molar-refractivity contribution in [1.82, 2.24) is 5.32 Å². The number of Topliss-reactive ketones (excluding diaryl/α,β-unsaturated/α-hetero) is 1. The zero-order chi connectivity index (χ0) is 25.9. The number of hydrogen-bond donors (Lipinski definition) is 1. The van der Waals surface area contributed by atoms with Crippen LogP contribution >= 0.6 is 0 Å². The molecule has 7 nitrogen and oxygen atoms in total. The Hall–Kier alpha value is -3.16. The number of rotatable bonds is 9. The maximum absolute atomic E-state index is 14.7. The average molecular weight is 498 g/mol. The van der Waals surface area contributed by atoms with Crippen LogP contribution in [0, 0.1) is 17.2 Å². The predicted octanol–water partition coefficient (Wildman–Crippen LogP) is 4.77. The molecule has 0 radical (unpaired) electrons. The number of ether oxygens (including phenoxy) is 1. The molecule has 0 aromatic heterocycles. The molecule has 2 fully saturated rings. The molecule has 0 bridgehead atoms. The molecule has 1 aliphatic carbocycles. The minimum Gasteiger partial charge on any atom is -0.442 e. The highest BCUT2D eigenvalue weighted by Gasteiger charge is 2.35. The number of allylic oxidation sites excluding steroid dienone is 4. The standard InChI is InChI=1S/C28H36FN3O4/c1-4-19-7-9-22(28(2,3)16-19)25(33)11-12-26(34)30-17-21-18-32(27(35)36-21)20-8-10-24(23(29)15-20)31-13-5-6-14-31/h7-10,15-16,21-22H,4-6,11-14,17-18H2,1-3H3,(H,30,34)/t21?,22-/m1/s1. The van der Waals surface area contributed by atoms with Crippen molar-refractivity contribution < 1.29 is 23.5 Å². The molecule has 1 unspecified atom stereocenters. The molecule has 4 rings (SSSR count). The van der Waals surface area contributed by atoms with E-state index >= 15 is 0 Å². The quantitative estimate of drug-likeness (QED) is 0.532. The van der Waals surface area contributed by atoms with Gasteiger partial charge in [0, 0.05) is 31.8 Å². The first-order chi connectivity index (χ1) is 17.2. The van der Waals surface area contributed by atoms with Gasteiger partial charge in [-0.05, 0) is 42.9 Å². The molecule has 2 atom stereocenters. The Bertz CT molecular complexity index is 1070. The SMILES string of the molecule is CCC1=CC(C)(C)[C@@H](C(=O)CCC(=O)NCC2CN(c3ccc(N4CCCC4)c(F)c3)C(=O)O2)C=C1. The first-order valence-electron chi connectivity index (χ1n) is 12.9. The van der Waals surface area contributed by atoms with Crippen molar-refractivity contribution in [3.8, 4) is 0 Å². The summed E-state index contributed by atoms with van der Waals surface area (Å²) in [4.78, 5) is 40.9. The number of cyclic esters (lactones) is 1. The number of anilines is 2. The van der Waals surface area contributed by atoms with E-state index in [4.69, 9.17) is 4.74 Å². The van der Waals surface area contributed by atoms with Crippen LogP contribution in [0.2, 0.25) is 0 Å². The maximum atomic E-state index is 14.7. The van der Waals surface area contributed by atoms with Crippen molar-refractivity contribution in [1.29, 1.82) is 0 Å². The van der Waals surface area contributed by atoms with Crippen molar-refractivity contribution >= 4 is 29.2 Å². The Kier molecular flexibility index (Phi) is 7.81. The van der Waals surface area contributed by atoms with Crippen molar-refractivity contribution in [2.24, 2.45) is 11.3 Å². The lowest BCUT2D eigenvalue weighted by Crippen LogP contribution is -2.35. The van der Waals surface area contributed by atoms with Gasteiger partial charge in [0.1, 0.15) is 17.7 Å². The molecule has 36 heavy (non-hydrogen) atoms. The van der Waals surface area contributed by atoms with Crippen molar-refractivity contribution in [3.63, 3.8) is 0 Å². The van der Waals surface area contributed by atoms with E-state index in [1.54, 1.807) is 12.1 Å². The summed E-state index contributed by atoms with van der Waals surface area (Å²) in [6.07, 6.45) is 8.23. The van der Waals surface area contributed by atoms with Crippen molar-refractivity contribution in [2.75, 3.05) is 36.0 Å². The van der Waals surface area contributed by atoms with E-state index in [-0.39, 0.29) is 54.8 Å². The number of benzene rings is 1.